The monoisotopic (exact) mass is 307 g/mol. The minimum Gasteiger partial charge on any atom is -0.303 e. The summed E-state index contributed by atoms with van der Waals surface area (Å²) in [6.45, 7) is 1.86. The molecule has 1 fully saturated rings. The summed E-state index contributed by atoms with van der Waals surface area (Å²) in [7, 11) is 0. The van der Waals surface area contributed by atoms with Gasteiger partial charge in [0.15, 0.2) is 5.17 Å². The highest BCUT2D eigenvalue weighted by Crippen LogP contribution is 2.36. The lowest BCUT2D eigenvalue weighted by Crippen LogP contribution is -2.23. The molecule has 1 N–H and O–H groups in total. The van der Waals surface area contributed by atoms with Crippen LogP contribution in [0.1, 0.15) is 18.1 Å². The molecule has 0 aromatic heterocycles. The standard InChI is InChI=1S/C17H13N3OS/c1-10-16(21)18-17(22-10)20-19-15-13-8-4-2-6-11(13)12-7-3-5-9-14(12)15/h2-10H,1H3,(H,18,20,21). The van der Waals surface area contributed by atoms with Gasteiger partial charge >= 0.3 is 0 Å². The molecule has 22 heavy (non-hydrogen) atoms. The molecule has 1 heterocycles. The van der Waals surface area contributed by atoms with Crippen LogP contribution in [0.2, 0.25) is 0 Å². The van der Waals surface area contributed by atoms with Gasteiger partial charge in [0.25, 0.3) is 0 Å². The van der Waals surface area contributed by atoms with Crippen LogP contribution in [0.25, 0.3) is 11.1 Å². The van der Waals surface area contributed by atoms with Crippen LogP contribution in [0.15, 0.2) is 58.7 Å². The lowest BCUT2D eigenvalue weighted by Gasteiger charge is -1.99. The number of thioether (sulfide) groups is 1. The fourth-order valence-electron chi connectivity index (χ4n) is 2.70. The number of benzene rings is 2. The molecular formula is C17H13N3OS. The zero-order valence-electron chi connectivity index (χ0n) is 11.9. The molecule has 2 aromatic rings. The van der Waals surface area contributed by atoms with E-state index in [1.807, 2.05) is 31.2 Å². The van der Waals surface area contributed by atoms with E-state index < -0.39 is 0 Å². The van der Waals surface area contributed by atoms with Crippen LogP contribution in [-0.4, -0.2) is 22.0 Å². The molecule has 2 aliphatic rings. The molecule has 0 radical (unpaired) electrons. The van der Waals surface area contributed by atoms with Crippen LogP contribution < -0.4 is 5.32 Å². The highest BCUT2D eigenvalue weighted by Gasteiger charge is 2.27. The van der Waals surface area contributed by atoms with Crippen molar-refractivity contribution in [2.45, 2.75) is 12.2 Å². The van der Waals surface area contributed by atoms with Crippen LogP contribution in [-0.2, 0) is 4.79 Å². The van der Waals surface area contributed by atoms with Crippen LogP contribution >= 0.6 is 11.8 Å². The van der Waals surface area contributed by atoms with E-state index in [0.717, 1.165) is 16.8 Å². The van der Waals surface area contributed by atoms with Crippen molar-refractivity contribution in [1.29, 1.82) is 0 Å². The molecule has 1 aliphatic carbocycles. The summed E-state index contributed by atoms with van der Waals surface area (Å²) in [6, 6.07) is 16.4. The van der Waals surface area contributed by atoms with Gasteiger partial charge in [-0.05, 0) is 18.1 Å². The molecule has 0 saturated carbocycles. The van der Waals surface area contributed by atoms with Crippen molar-refractivity contribution >= 4 is 28.5 Å². The molecule has 1 amide bonds. The Labute approximate surface area is 132 Å². The molecule has 1 aliphatic heterocycles. The van der Waals surface area contributed by atoms with Crippen LogP contribution in [0.4, 0.5) is 0 Å². The predicted molar refractivity (Wildman–Crippen MR) is 90.1 cm³/mol. The van der Waals surface area contributed by atoms with Gasteiger partial charge in [0.2, 0.25) is 5.91 Å². The molecule has 0 spiro atoms. The Balaban J connectivity index is 1.80. The fraction of sp³-hybridized carbons (Fsp3) is 0.118. The quantitative estimate of drug-likeness (QED) is 0.703. The average molecular weight is 307 g/mol. The summed E-state index contributed by atoms with van der Waals surface area (Å²) in [4.78, 5) is 11.5. The van der Waals surface area contributed by atoms with Crippen molar-refractivity contribution < 1.29 is 4.79 Å². The van der Waals surface area contributed by atoms with Crippen molar-refractivity contribution in [3.63, 3.8) is 0 Å². The topological polar surface area (TPSA) is 53.8 Å². The fourth-order valence-corrected chi connectivity index (χ4v) is 3.45. The number of amides is 1. The van der Waals surface area contributed by atoms with E-state index in [4.69, 9.17) is 0 Å². The summed E-state index contributed by atoms with van der Waals surface area (Å²) < 4.78 is 0. The maximum absolute atomic E-state index is 11.5. The first-order valence-electron chi connectivity index (χ1n) is 7.06. The molecule has 5 heteroatoms. The lowest BCUT2D eigenvalue weighted by atomic mass is 10.1. The maximum atomic E-state index is 11.5. The van der Waals surface area contributed by atoms with Gasteiger partial charge in [0.05, 0.1) is 5.25 Å². The van der Waals surface area contributed by atoms with Crippen molar-refractivity contribution in [2.24, 2.45) is 10.2 Å². The molecule has 1 saturated heterocycles. The second-order valence-corrected chi connectivity index (χ2v) is 6.52. The third kappa shape index (κ3) is 2.05. The van der Waals surface area contributed by atoms with E-state index in [9.17, 15) is 4.79 Å². The summed E-state index contributed by atoms with van der Waals surface area (Å²) in [5.41, 5.74) is 5.36. The van der Waals surface area contributed by atoms with Crippen molar-refractivity contribution in [1.82, 2.24) is 5.32 Å². The number of amidine groups is 1. The molecular weight excluding hydrogens is 294 g/mol. The summed E-state index contributed by atoms with van der Waals surface area (Å²) in [5.74, 6) is -0.0174. The summed E-state index contributed by atoms with van der Waals surface area (Å²) in [5, 5.41) is 11.9. The second-order valence-electron chi connectivity index (χ2n) is 5.19. The lowest BCUT2D eigenvalue weighted by molar-refractivity contribution is -0.118. The third-order valence-electron chi connectivity index (χ3n) is 3.78. The number of hydrogen-bond acceptors (Lipinski definition) is 4. The van der Waals surface area contributed by atoms with Gasteiger partial charge in [-0.3, -0.25) is 4.79 Å². The Kier molecular flexibility index (Phi) is 3.08. The molecule has 2 aromatic carbocycles. The number of nitrogens with one attached hydrogen (secondary N) is 1. The highest BCUT2D eigenvalue weighted by atomic mass is 32.2. The van der Waals surface area contributed by atoms with Gasteiger partial charge in [0.1, 0.15) is 5.71 Å². The van der Waals surface area contributed by atoms with E-state index in [1.54, 1.807) is 0 Å². The molecule has 1 atom stereocenters. The van der Waals surface area contributed by atoms with E-state index >= 15 is 0 Å². The number of fused-ring (bicyclic) bond motifs is 3. The van der Waals surface area contributed by atoms with Gasteiger partial charge in [-0.1, -0.05) is 60.3 Å². The maximum Gasteiger partial charge on any atom is 0.239 e. The first kappa shape index (κ1) is 13.3. The number of carbonyl (C=O) groups is 1. The Morgan fingerprint density at radius 2 is 1.45 bits per heavy atom. The smallest absolute Gasteiger partial charge is 0.239 e. The van der Waals surface area contributed by atoms with Gasteiger partial charge in [-0.15, -0.1) is 10.2 Å². The SMILES string of the molecule is CC1S/C(=N/N=C2c3ccccc3-c3ccccc32)NC1=O. The summed E-state index contributed by atoms with van der Waals surface area (Å²) in [6.07, 6.45) is 0. The largest absolute Gasteiger partial charge is 0.303 e. The molecule has 4 nitrogen and oxygen atoms in total. The van der Waals surface area contributed by atoms with Gasteiger partial charge in [0, 0.05) is 11.1 Å². The van der Waals surface area contributed by atoms with Crippen LogP contribution in [0.5, 0.6) is 0 Å². The number of hydrogen-bond donors (Lipinski definition) is 1. The minimum absolute atomic E-state index is 0.0174. The number of rotatable bonds is 1. The average Bonchev–Trinajstić information content (AvgIpc) is 3.03. The van der Waals surface area contributed by atoms with E-state index in [2.05, 4.69) is 39.8 Å². The first-order chi connectivity index (χ1) is 10.7. The van der Waals surface area contributed by atoms with Crippen molar-refractivity contribution in [3.05, 3.63) is 59.7 Å². The zero-order chi connectivity index (χ0) is 15.1. The van der Waals surface area contributed by atoms with Crippen LogP contribution in [0, 0.1) is 0 Å². The summed E-state index contributed by atoms with van der Waals surface area (Å²) >= 11 is 1.40. The zero-order valence-corrected chi connectivity index (χ0v) is 12.7. The molecule has 4 rings (SSSR count). The van der Waals surface area contributed by atoms with Crippen molar-refractivity contribution in [2.75, 3.05) is 0 Å². The van der Waals surface area contributed by atoms with Gasteiger partial charge in [-0.25, -0.2) is 0 Å². The Morgan fingerprint density at radius 1 is 0.909 bits per heavy atom. The van der Waals surface area contributed by atoms with Crippen LogP contribution in [0.3, 0.4) is 0 Å². The number of nitrogens with zero attached hydrogens (tertiary/aromatic N) is 2. The minimum atomic E-state index is -0.109. The first-order valence-corrected chi connectivity index (χ1v) is 7.94. The number of carbonyl (C=O) groups excluding carboxylic acids is 1. The Bertz CT molecular complexity index is 794. The molecule has 1 unspecified atom stereocenters. The van der Waals surface area contributed by atoms with Gasteiger partial charge < -0.3 is 5.32 Å². The van der Waals surface area contributed by atoms with E-state index in [0.29, 0.717) is 5.17 Å². The normalized spacial score (nSPS) is 20.8. The van der Waals surface area contributed by atoms with Gasteiger partial charge in [-0.2, -0.15) is 0 Å². The predicted octanol–water partition coefficient (Wildman–Crippen LogP) is 3.03. The molecule has 0 bridgehead atoms. The van der Waals surface area contributed by atoms with E-state index in [-0.39, 0.29) is 11.2 Å². The third-order valence-corrected chi connectivity index (χ3v) is 4.76. The van der Waals surface area contributed by atoms with E-state index in [1.165, 1.54) is 22.9 Å². The Hall–Kier alpha value is -2.40. The highest BCUT2D eigenvalue weighted by molar-refractivity contribution is 8.15. The Morgan fingerprint density at radius 3 is 1.95 bits per heavy atom. The second kappa shape index (κ2) is 5.10. The molecule has 108 valence electrons. The van der Waals surface area contributed by atoms with Crippen molar-refractivity contribution in [3.8, 4) is 11.1 Å².